The summed E-state index contributed by atoms with van der Waals surface area (Å²) in [4.78, 5) is 0.120. The highest BCUT2D eigenvalue weighted by Gasteiger charge is 2.38. The number of aliphatic hydroxyl groups excluding tert-OH is 1. The smallest absolute Gasteiger partial charge is 0.248 e. The van der Waals surface area contributed by atoms with Crippen molar-refractivity contribution in [3.8, 4) is 0 Å². The molecule has 0 unspecified atom stereocenters. The molecule has 1 aliphatic rings. The number of aliphatic hydroxyl groups is 1. The van der Waals surface area contributed by atoms with Crippen molar-refractivity contribution in [1.82, 2.24) is 9.46 Å². The highest BCUT2D eigenvalue weighted by atomic mass is 32.2. The number of hydrogen-bond donors (Lipinski definition) is 1. The number of sulfonamides is 1. The Morgan fingerprint density at radius 3 is 2.47 bits per heavy atom. The van der Waals surface area contributed by atoms with E-state index in [1.54, 1.807) is 13.8 Å². The highest BCUT2D eigenvalue weighted by molar-refractivity contribution is 7.89. The van der Waals surface area contributed by atoms with Crippen LogP contribution in [0.25, 0.3) is 0 Å². The standard InChI is InChI=1S/C8H12N2O4S/c1-5-8(6(2)14-9-5)15(12,13)10-3-7(11)4-10/h7,11H,3-4H2,1-2H3. The van der Waals surface area contributed by atoms with Crippen LogP contribution in [0.5, 0.6) is 0 Å². The molecule has 6 nitrogen and oxygen atoms in total. The van der Waals surface area contributed by atoms with Gasteiger partial charge in [-0.05, 0) is 13.8 Å². The van der Waals surface area contributed by atoms with Crippen molar-refractivity contribution in [1.29, 1.82) is 0 Å². The van der Waals surface area contributed by atoms with Gasteiger partial charge in [0.15, 0.2) is 5.76 Å². The molecule has 7 heteroatoms. The van der Waals surface area contributed by atoms with Gasteiger partial charge in [-0.3, -0.25) is 0 Å². The van der Waals surface area contributed by atoms with Crippen molar-refractivity contribution in [2.24, 2.45) is 0 Å². The van der Waals surface area contributed by atoms with E-state index >= 15 is 0 Å². The number of hydrogen-bond acceptors (Lipinski definition) is 5. The van der Waals surface area contributed by atoms with Crippen LogP contribution in [0.2, 0.25) is 0 Å². The highest BCUT2D eigenvalue weighted by Crippen LogP contribution is 2.26. The fraction of sp³-hybridized carbons (Fsp3) is 0.625. The van der Waals surface area contributed by atoms with Crippen molar-refractivity contribution in [2.45, 2.75) is 24.8 Å². The molecule has 1 aromatic heterocycles. The maximum Gasteiger partial charge on any atom is 0.248 e. The quantitative estimate of drug-likeness (QED) is 0.754. The van der Waals surface area contributed by atoms with Gasteiger partial charge in [0.25, 0.3) is 0 Å². The zero-order valence-corrected chi connectivity index (χ0v) is 9.28. The number of aryl methyl sites for hydroxylation is 2. The predicted octanol–water partition coefficient (Wildman–Crippen LogP) is -0.343. The lowest BCUT2D eigenvalue weighted by Gasteiger charge is -2.34. The molecule has 1 aromatic rings. The lowest BCUT2D eigenvalue weighted by molar-refractivity contribution is 0.0547. The molecular formula is C8H12N2O4S. The lowest BCUT2D eigenvalue weighted by Crippen LogP contribution is -2.53. The summed E-state index contributed by atoms with van der Waals surface area (Å²) >= 11 is 0. The molecule has 2 heterocycles. The van der Waals surface area contributed by atoms with Crippen molar-refractivity contribution < 1.29 is 18.0 Å². The van der Waals surface area contributed by atoms with Gasteiger partial charge in [0, 0.05) is 13.1 Å². The number of nitrogens with zero attached hydrogens (tertiary/aromatic N) is 2. The summed E-state index contributed by atoms with van der Waals surface area (Å²) in [5.74, 6) is 0.286. The van der Waals surface area contributed by atoms with Crippen LogP contribution in [0.4, 0.5) is 0 Å². The molecule has 1 aliphatic heterocycles. The Labute approximate surface area is 87.5 Å². The van der Waals surface area contributed by atoms with E-state index in [1.165, 1.54) is 4.31 Å². The third-order valence-corrected chi connectivity index (χ3v) is 4.47. The molecule has 0 spiro atoms. The van der Waals surface area contributed by atoms with E-state index in [1.807, 2.05) is 0 Å². The van der Waals surface area contributed by atoms with E-state index in [0.29, 0.717) is 5.69 Å². The van der Waals surface area contributed by atoms with Crippen LogP contribution >= 0.6 is 0 Å². The molecule has 2 rings (SSSR count). The molecule has 1 N–H and O–H groups in total. The fourth-order valence-corrected chi connectivity index (χ4v) is 3.39. The summed E-state index contributed by atoms with van der Waals surface area (Å²) in [5, 5.41) is 12.7. The first-order valence-electron chi connectivity index (χ1n) is 4.54. The largest absolute Gasteiger partial charge is 0.390 e. The summed E-state index contributed by atoms with van der Waals surface area (Å²) < 4.78 is 30.0. The van der Waals surface area contributed by atoms with E-state index < -0.39 is 16.1 Å². The Morgan fingerprint density at radius 2 is 2.07 bits per heavy atom. The summed E-state index contributed by atoms with van der Waals surface area (Å²) in [6.07, 6.45) is -0.555. The van der Waals surface area contributed by atoms with E-state index in [-0.39, 0.29) is 23.7 Å². The minimum Gasteiger partial charge on any atom is -0.390 e. The van der Waals surface area contributed by atoms with E-state index in [9.17, 15) is 8.42 Å². The minimum absolute atomic E-state index is 0.120. The first kappa shape index (κ1) is 10.6. The molecule has 1 fully saturated rings. The van der Waals surface area contributed by atoms with Crippen LogP contribution < -0.4 is 0 Å². The van der Waals surface area contributed by atoms with Crippen molar-refractivity contribution in [3.05, 3.63) is 11.5 Å². The zero-order valence-electron chi connectivity index (χ0n) is 8.47. The van der Waals surface area contributed by atoms with Crippen molar-refractivity contribution >= 4 is 10.0 Å². The summed E-state index contributed by atoms with van der Waals surface area (Å²) in [5.41, 5.74) is 0.355. The Kier molecular flexibility index (Phi) is 2.32. The second-order valence-electron chi connectivity index (χ2n) is 3.63. The van der Waals surface area contributed by atoms with Crippen LogP contribution in [-0.2, 0) is 10.0 Å². The topological polar surface area (TPSA) is 83.6 Å². The van der Waals surface area contributed by atoms with E-state index in [2.05, 4.69) is 5.16 Å². The Bertz CT molecular complexity index is 453. The Hall–Kier alpha value is -0.920. The van der Waals surface area contributed by atoms with Crippen LogP contribution in [0, 0.1) is 13.8 Å². The Morgan fingerprint density at radius 1 is 1.47 bits per heavy atom. The summed E-state index contributed by atoms with van der Waals surface area (Å²) in [7, 11) is -3.54. The normalized spacial score (nSPS) is 19.1. The third kappa shape index (κ3) is 1.56. The SMILES string of the molecule is Cc1noc(C)c1S(=O)(=O)N1CC(O)C1. The number of β-amino-alcohol motifs (C(OH)–C–C–N with tert-alkyl or cyclic N) is 1. The first-order valence-corrected chi connectivity index (χ1v) is 5.98. The molecule has 84 valence electrons. The zero-order chi connectivity index (χ0) is 11.2. The van der Waals surface area contributed by atoms with Crippen molar-refractivity contribution in [3.63, 3.8) is 0 Å². The molecular weight excluding hydrogens is 220 g/mol. The van der Waals surface area contributed by atoms with Crippen LogP contribution in [0.15, 0.2) is 9.42 Å². The molecule has 0 saturated carbocycles. The minimum atomic E-state index is -3.54. The molecule has 0 bridgehead atoms. The number of aromatic nitrogens is 1. The summed E-state index contributed by atoms with van der Waals surface area (Å²) in [6, 6.07) is 0. The molecule has 0 atom stereocenters. The second kappa shape index (κ2) is 3.29. The monoisotopic (exact) mass is 232 g/mol. The molecule has 15 heavy (non-hydrogen) atoms. The second-order valence-corrected chi connectivity index (χ2v) is 5.50. The van der Waals surface area contributed by atoms with Gasteiger partial charge in [-0.2, -0.15) is 4.31 Å². The Balaban J connectivity index is 2.38. The van der Waals surface area contributed by atoms with E-state index in [4.69, 9.17) is 9.63 Å². The average molecular weight is 232 g/mol. The van der Waals surface area contributed by atoms with Gasteiger partial charge in [0.1, 0.15) is 10.6 Å². The third-order valence-electron chi connectivity index (χ3n) is 2.39. The average Bonchev–Trinajstić information content (AvgIpc) is 2.41. The van der Waals surface area contributed by atoms with Gasteiger partial charge in [-0.15, -0.1) is 0 Å². The van der Waals surface area contributed by atoms with Crippen LogP contribution in [-0.4, -0.2) is 42.2 Å². The van der Waals surface area contributed by atoms with Crippen molar-refractivity contribution in [2.75, 3.05) is 13.1 Å². The summed E-state index contributed by atoms with van der Waals surface area (Å²) in [6.45, 7) is 3.43. The first-order chi connectivity index (χ1) is 6.93. The van der Waals surface area contributed by atoms with Gasteiger partial charge in [-0.25, -0.2) is 8.42 Å². The van der Waals surface area contributed by atoms with Crippen LogP contribution in [0.3, 0.4) is 0 Å². The maximum atomic E-state index is 12.0. The van der Waals surface area contributed by atoms with Crippen LogP contribution in [0.1, 0.15) is 11.5 Å². The van der Waals surface area contributed by atoms with Gasteiger partial charge in [0.05, 0.1) is 6.10 Å². The van der Waals surface area contributed by atoms with Gasteiger partial charge >= 0.3 is 0 Å². The number of rotatable bonds is 2. The molecule has 1 saturated heterocycles. The lowest BCUT2D eigenvalue weighted by atomic mass is 10.2. The van der Waals surface area contributed by atoms with E-state index in [0.717, 1.165) is 0 Å². The molecule has 0 aromatic carbocycles. The van der Waals surface area contributed by atoms with Gasteiger partial charge < -0.3 is 9.63 Å². The predicted molar refractivity (Wildman–Crippen MR) is 50.7 cm³/mol. The van der Waals surface area contributed by atoms with Gasteiger partial charge in [-0.1, -0.05) is 5.16 Å². The molecule has 0 radical (unpaired) electrons. The molecule has 0 amide bonds. The molecule has 0 aliphatic carbocycles. The maximum absolute atomic E-state index is 12.0. The van der Waals surface area contributed by atoms with Gasteiger partial charge in [0.2, 0.25) is 10.0 Å². The fourth-order valence-electron chi connectivity index (χ4n) is 1.58.